The Morgan fingerprint density at radius 1 is 1.21 bits per heavy atom. The fourth-order valence-electron chi connectivity index (χ4n) is 3.55. The number of carbonyl (C=O) groups excluding carboxylic acids is 2. The highest BCUT2D eigenvalue weighted by molar-refractivity contribution is 6.01. The van der Waals surface area contributed by atoms with Crippen molar-refractivity contribution in [3.05, 3.63) is 71.8 Å². The largest absolute Gasteiger partial charge is 0.465 e. The van der Waals surface area contributed by atoms with E-state index in [1.165, 1.54) is 51.8 Å². The van der Waals surface area contributed by atoms with E-state index in [0.717, 1.165) is 0 Å². The molecule has 0 spiro atoms. The second-order valence-corrected chi connectivity index (χ2v) is 8.94. The molecule has 0 aliphatic carbocycles. The lowest BCUT2D eigenvalue weighted by Crippen LogP contribution is -2.42. The van der Waals surface area contributed by atoms with Crippen LogP contribution in [0.3, 0.4) is 0 Å². The normalized spacial score (nSPS) is 12.0. The van der Waals surface area contributed by atoms with Crippen molar-refractivity contribution < 1.29 is 23.8 Å². The fourth-order valence-corrected chi connectivity index (χ4v) is 3.55. The molecule has 38 heavy (non-hydrogen) atoms. The number of rotatable bonds is 8. The first-order chi connectivity index (χ1) is 18.1. The van der Waals surface area contributed by atoms with Gasteiger partial charge in [0.1, 0.15) is 12.2 Å². The van der Waals surface area contributed by atoms with Crippen molar-refractivity contribution in [3.8, 4) is 17.5 Å². The van der Waals surface area contributed by atoms with Crippen molar-refractivity contribution in [2.24, 2.45) is 0 Å². The molecule has 0 radical (unpaired) electrons. The first-order valence-corrected chi connectivity index (χ1v) is 11.4. The SMILES string of the molecule is COC(=O)c1cncc(Nc2cc(-c3ccc4cc(C#N)cnn34)ncc2C(=O)NCC(F)C(C)(C)O)c1. The molecule has 1 atom stereocenters. The van der Waals surface area contributed by atoms with Gasteiger partial charge in [-0.15, -0.1) is 0 Å². The van der Waals surface area contributed by atoms with Crippen molar-refractivity contribution in [2.45, 2.75) is 25.6 Å². The van der Waals surface area contributed by atoms with Crippen LogP contribution in [-0.2, 0) is 4.74 Å². The van der Waals surface area contributed by atoms with Gasteiger partial charge in [0.2, 0.25) is 0 Å². The first kappa shape index (κ1) is 26.2. The lowest BCUT2D eigenvalue weighted by Gasteiger charge is -2.22. The van der Waals surface area contributed by atoms with Gasteiger partial charge in [-0.3, -0.25) is 14.8 Å². The van der Waals surface area contributed by atoms with Crippen LogP contribution < -0.4 is 10.6 Å². The van der Waals surface area contributed by atoms with Crippen molar-refractivity contribution in [3.63, 3.8) is 0 Å². The maximum absolute atomic E-state index is 14.3. The highest BCUT2D eigenvalue weighted by Gasteiger charge is 2.27. The molecule has 0 saturated heterocycles. The summed E-state index contributed by atoms with van der Waals surface area (Å²) < 4.78 is 20.6. The van der Waals surface area contributed by atoms with E-state index in [9.17, 15) is 19.1 Å². The van der Waals surface area contributed by atoms with Gasteiger partial charge in [0.15, 0.2) is 0 Å². The molecule has 0 fully saturated rings. The van der Waals surface area contributed by atoms with Crippen LogP contribution in [0.2, 0.25) is 0 Å². The van der Waals surface area contributed by atoms with Crippen LogP contribution in [-0.4, -0.2) is 62.0 Å². The Hall–Kier alpha value is -4.89. The molecule has 194 valence electrons. The molecule has 12 heteroatoms. The summed E-state index contributed by atoms with van der Waals surface area (Å²) in [5, 5.41) is 28.8. The summed E-state index contributed by atoms with van der Waals surface area (Å²) in [7, 11) is 1.25. The smallest absolute Gasteiger partial charge is 0.339 e. The summed E-state index contributed by atoms with van der Waals surface area (Å²) in [4.78, 5) is 33.4. The van der Waals surface area contributed by atoms with Gasteiger partial charge in [-0.1, -0.05) is 0 Å². The minimum absolute atomic E-state index is 0.0840. The Morgan fingerprint density at radius 2 is 2.00 bits per heavy atom. The number of amides is 1. The summed E-state index contributed by atoms with van der Waals surface area (Å²) in [6.07, 6.45) is 3.85. The molecule has 4 rings (SSSR count). The van der Waals surface area contributed by atoms with Gasteiger partial charge < -0.3 is 20.5 Å². The zero-order chi connectivity index (χ0) is 27.4. The van der Waals surface area contributed by atoms with Crippen molar-refractivity contribution in [2.75, 3.05) is 19.0 Å². The summed E-state index contributed by atoms with van der Waals surface area (Å²) in [6, 6.07) is 10.4. The highest BCUT2D eigenvalue weighted by atomic mass is 19.1. The number of nitrogens with zero attached hydrogens (tertiary/aromatic N) is 5. The molecule has 0 aliphatic rings. The van der Waals surface area contributed by atoms with Crippen molar-refractivity contribution >= 4 is 28.8 Å². The predicted molar refractivity (Wildman–Crippen MR) is 136 cm³/mol. The van der Waals surface area contributed by atoms with Crippen molar-refractivity contribution in [1.82, 2.24) is 24.9 Å². The molecule has 3 N–H and O–H groups in total. The van der Waals surface area contributed by atoms with Crippen LogP contribution in [0.15, 0.2) is 55.1 Å². The minimum Gasteiger partial charge on any atom is -0.465 e. The average Bonchev–Trinajstić information content (AvgIpc) is 3.33. The number of alkyl halides is 1. The van der Waals surface area contributed by atoms with Gasteiger partial charge in [-0.2, -0.15) is 10.4 Å². The third-order valence-electron chi connectivity index (χ3n) is 5.69. The summed E-state index contributed by atoms with van der Waals surface area (Å²) in [6.45, 7) is 2.20. The van der Waals surface area contributed by atoms with Gasteiger partial charge >= 0.3 is 5.97 Å². The molecular weight excluding hydrogens is 493 g/mol. The molecule has 0 saturated carbocycles. The number of ether oxygens (including phenoxy) is 1. The van der Waals surface area contributed by atoms with E-state index in [-0.39, 0.29) is 11.1 Å². The Balaban J connectivity index is 1.73. The number of anilines is 2. The second kappa shape index (κ2) is 10.6. The second-order valence-electron chi connectivity index (χ2n) is 8.94. The van der Waals surface area contributed by atoms with E-state index in [2.05, 4.69) is 25.7 Å². The predicted octanol–water partition coefficient (Wildman–Crippen LogP) is 3.03. The number of hydrogen-bond donors (Lipinski definition) is 3. The third kappa shape index (κ3) is 5.58. The number of halogens is 1. The lowest BCUT2D eigenvalue weighted by atomic mass is 10.0. The Kier molecular flexibility index (Phi) is 7.31. The number of hydrogen-bond acceptors (Lipinski definition) is 9. The molecule has 4 heterocycles. The molecule has 11 nitrogen and oxygen atoms in total. The summed E-state index contributed by atoms with van der Waals surface area (Å²) in [5.41, 5.74) is 1.43. The number of nitriles is 1. The quantitative estimate of drug-likeness (QED) is 0.299. The topological polar surface area (TPSA) is 155 Å². The Morgan fingerprint density at radius 3 is 2.71 bits per heavy atom. The van der Waals surface area contributed by atoms with E-state index < -0.39 is 30.2 Å². The minimum atomic E-state index is -1.70. The molecule has 0 aliphatic heterocycles. The number of carbonyl (C=O) groups is 2. The van der Waals surface area contributed by atoms with Gasteiger partial charge in [0, 0.05) is 12.4 Å². The average molecular weight is 518 g/mol. The number of aliphatic hydroxyl groups is 1. The van der Waals surface area contributed by atoms with E-state index in [0.29, 0.717) is 33.8 Å². The zero-order valence-corrected chi connectivity index (χ0v) is 20.8. The van der Waals surface area contributed by atoms with Crippen LogP contribution in [0.25, 0.3) is 16.9 Å². The molecule has 1 amide bonds. The third-order valence-corrected chi connectivity index (χ3v) is 5.69. The van der Waals surface area contributed by atoms with Gasteiger partial charge in [-0.05, 0) is 44.2 Å². The van der Waals surface area contributed by atoms with Gasteiger partial charge in [0.05, 0.1) is 76.6 Å². The molecule has 0 aromatic carbocycles. The molecule has 0 bridgehead atoms. The van der Waals surface area contributed by atoms with Crippen LogP contribution in [0.4, 0.5) is 15.8 Å². The van der Waals surface area contributed by atoms with Crippen LogP contribution >= 0.6 is 0 Å². The number of esters is 1. The highest BCUT2D eigenvalue weighted by Crippen LogP contribution is 2.28. The number of pyridine rings is 2. The Labute approximate surface area is 216 Å². The maximum atomic E-state index is 14.3. The maximum Gasteiger partial charge on any atom is 0.339 e. The number of aromatic nitrogens is 4. The zero-order valence-electron chi connectivity index (χ0n) is 20.8. The molecular formula is C26H24FN7O4. The van der Waals surface area contributed by atoms with E-state index in [4.69, 9.17) is 10.00 Å². The van der Waals surface area contributed by atoms with E-state index >= 15 is 0 Å². The van der Waals surface area contributed by atoms with Crippen LogP contribution in [0.5, 0.6) is 0 Å². The van der Waals surface area contributed by atoms with Crippen LogP contribution in [0, 0.1) is 11.3 Å². The lowest BCUT2D eigenvalue weighted by molar-refractivity contribution is -0.00178. The Bertz CT molecular complexity index is 1560. The number of methoxy groups -OCH3 is 1. The standard InChI is InChI=1S/C26H24FN7O4/c1-26(2,37)23(27)14-31-24(35)19-13-30-21(22-5-4-18-6-15(9-28)10-32-34(18)22)8-20(19)33-17-7-16(11-29-12-17)25(36)38-3/h4-8,10-13,23,37H,14H2,1-3H3,(H,30,33)(H,31,35). The van der Waals surface area contributed by atoms with Gasteiger partial charge in [0.25, 0.3) is 5.91 Å². The molecule has 4 aromatic rings. The van der Waals surface area contributed by atoms with Gasteiger partial charge in [-0.25, -0.2) is 13.7 Å². The first-order valence-electron chi connectivity index (χ1n) is 11.4. The van der Waals surface area contributed by atoms with Crippen molar-refractivity contribution in [1.29, 1.82) is 5.26 Å². The summed E-state index contributed by atoms with van der Waals surface area (Å²) in [5.74, 6) is -1.22. The monoisotopic (exact) mass is 517 g/mol. The fraction of sp³-hybridized carbons (Fsp3) is 0.231. The molecule has 4 aromatic heterocycles. The summed E-state index contributed by atoms with van der Waals surface area (Å²) >= 11 is 0. The number of nitrogens with one attached hydrogen (secondary N) is 2. The van der Waals surface area contributed by atoms with Crippen LogP contribution in [0.1, 0.15) is 40.1 Å². The molecule has 1 unspecified atom stereocenters. The van der Waals surface area contributed by atoms with E-state index in [1.54, 1.807) is 28.8 Å². The number of fused-ring (bicyclic) bond motifs is 1. The van der Waals surface area contributed by atoms with E-state index in [1.807, 2.05) is 6.07 Å².